The van der Waals surface area contributed by atoms with E-state index in [1.807, 2.05) is 0 Å². The molecule has 3 aromatic rings. The first-order chi connectivity index (χ1) is 22.2. The Bertz CT molecular complexity index is 1630. The molecule has 4 heterocycles. The number of nitriles is 1. The topological polar surface area (TPSA) is 92.0 Å². The fraction of sp³-hybridized carbons (Fsp3) is 0.500. The third-order valence-corrected chi connectivity index (χ3v) is 9.39. The summed E-state index contributed by atoms with van der Waals surface area (Å²) in [5, 5.41) is 22.6. The molecule has 12 heteroatoms. The van der Waals surface area contributed by atoms with Crippen LogP contribution in [0.2, 0.25) is 0 Å². The van der Waals surface area contributed by atoms with Gasteiger partial charge in [-0.15, -0.1) is 0 Å². The minimum atomic E-state index is -2.76. The van der Waals surface area contributed by atoms with Crippen molar-refractivity contribution in [1.82, 2.24) is 19.8 Å². The third-order valence-electron chi connectivity index (χ3n) is 9.39. The molecule has 0 bridgehead atoms. The van der Waals surface area contributed by atoms with E-state index in [0.717, 1.165) is 28.9 Å². The van der Waals surface area contributed by atoms with Gasteiger partial charge in [-0.2, -0.15) is 15.2 Å². The SMILES string of the molecule is Cc1cccc2cccc(N3CCc4c(nc(OC[C@@H]5CC(F)(F)CN5C)nc4N4CCN(C(O)/C=C/CF)[C@@H](CC#N)C4)C3)c12. The molecule has 0 amide bonds. The first kappa shape index (κ1) is 32.0. The number of aliphatic hydroxyl groups excluding tert-OH is 1. The van der Waals surface area contributed by atoms with Crippen LogP contribution in [0.4, 0.5) is 24.7 Å². The minimum absolute atomic E-state index is 0.0362. The van der Waals surface area contributed by atoms with E-state index in [-0.39, 0.29) is 38.0 Å². The van der Waals surface area contributed by atoms with E-state index in [9.17, 15) is 23.5 Å². The van der Waals surface area contributed by atoms with Gasteiger partial charge in [0.2, 0.25) is 0 Å². The van der Waals surface area contributed by atoms with E-state index in [2.05, 4.69) is 59.2 Å². The number of benzene rings is 2. The highest BCUT2D eigenvalue weighted by Gasteiger charge is 2.43. The van der Waals surface area contributed by atoms with Crippen LogP contribution in [0.3, 0.4) is 0 Å². The number of aliphatic hydroxyl groups is 1. The van der Waals surface area contributed by atoms with Crippen molar-refractivity contribution in [1.29, 1.82) is 5.26 Å². The van der Waals surface area contributed by atoms with Crippen molar-refractivity contribution in [2.75, 3.05) is 62.9 Å². The predicted octanol–water partition coefficient (Wildman–Crippen LogP) is 4.47. The molecule has 0 radical (unpaired) electrons. The Hall–Kier alpha value is -3.92. The van der Waals surface area contributed by atoms with Crippen molar-refractivity contribution >= 4 is 22.3 Å². The van der Waals surface area contributed by atoms with Gasteiger partial charge >= 0.3 is 6.01 Å². The van der Waals surface area contributed by atoms with Crippen LogP contribution in [-0.4, -0.2) is 102 Å². The molecular formula is C34H40F3N7O2. The molecule has 3 atom stereocenters. The van der Waals surface area contributed by atoms with Gasteiger partial charge in [-0.3, -0.25) is 9.80 Å². The number of allylic oxidation sites excluding steroid dienone is 1. The summed E-state index contributed by atoms with van der Waals surface area (Å²) in [6.45, 7) is 3.78. The average molecular weight is 636 g/mol. The zero-order chi connectivity index (χ0) is 32.4. The van der Waals surface area contributed by atoms with Gasteiger partial charge in [0, 0.05) is 61.3 Å². The highest BCUT2D eigenvalue weighted by Crippen LogP contribution is 2.36. The van der Waals surface area contributed by atoms with Crippen molar-refractivity contribution in [2.45, 2.75) is 57.0 Å². The zero-order valence-corrected chi connectivity index (χ0v) is 26.2. The summed E-state index contributed by atoms with van der Waals surface area (Å²) >= 11 is 0. The Morgan fingerprint density at radius 3 is 2.67 bits per heavy atom. The number of ether oxygens (including phenoxy) is 1. The van der Waals surface area contributed by atoms with Crippen LogP contribution in [-0.2, 0) is 13.0 Å². The lowest BCUT2D eigenvalue weighted by Crippen LogP contribution is -2.56. The maximum Gasteiger partial charge on any atom is 0.318 e. The zero-order valence-electron chi connectivity index (χ0n) is 26.2. The summed E-state index contributed by atoms with van der Waals surface area (Å²) in [7, 11) is 1.67. The summed E-state index contributed by atoms with van der Waals surface area (Å²) in [4.78, 5) is 17.5. The molecular weight excluding hydrogens is 595 g/mol. The highest BCUT2D eigenvalue weighted by molar-refractivity contribution is 5.97. The summed E-state index contributed by atoms with van der Waals surface area (Å²) < 4.78 is 47.0. The molecule has 46 heavy (non-hydrogen) atoms. The largest absolute Gasteiger partial charge is 0.462 e. The molecule has 0 aliphatic carbocycles. The Morgan fingerprint density at radius 2 is 1.93 bits per heavy atom. The first-order valence-corrected chi connectivity index (χ1v) is 15.8. The summed E-state index contributed by atoms with van der Waals surface area (Å²) in [6, 6.07) is 14.2. The van der Waals surface area contributed by atoms with Crippen LogP contribution >= 0.6 is 0 Å². The molecule has 6 rings (SSSR count). The standard InChI is InChI=1S/C34H40F3N7O2/c1-23-6-3-7-24-8-4-9-29(31(23)24)42-15-12-27-28(20-42)39-33(46-21-26-18-34(36,37)22-41(26)2)40-32(27)43-16-17-44(25(19-43)11-14-38)30(45)10-5-13-35/h3-10,25-26,30,45H,11-13,15-22H2,1-2H3/b10-5+/t25-,26-,30?/m0/s1. The molecule has 3 aliphatic heterocycles. The Labute approximate surface area is 267 Å². The molecule has 3 aliphatic rings. The Kier molecular flexibility index (Phi) is 9.36. The van der Waals surface area contributed by atoms with E-state index >= 15 is 0 Å². The van der Waals surface area contributed by atoms with Crippen molar-refractivity contribution < 1.29 is 23.0 Å². The molecule has 2 saturated heterocycles. The molecule has 1 unspecified atom stereocenters. The summed E-state index contributed by atoms with van der Waals surface area (Å²) in [6.07, 6.45) is 2.23. The molecule has 0 spiro atoms. The second kappa shape index (κ2) is 13.4. The summed E-state index contributed by atoms with van der Waals surface area (Å²) in [5.41, 5.74) is 4.12. The van der Waals surface area contributed by atoms with Gasteiger partial charge < -0.3 is 19.6 Å². The van der Waals surface area contributed by atoms with Gasteiger partial charge in [-0.1, -0.05) is 36.4 Å². The number of hydrogen-bond acceptors (Lipinski definition) is 9. The van der Waals surface area contributed by atoms with Crippen molar-refractivity contribution in [3.05, 3.63) is 65.4 Å². The van der Waals surface area contributed by atoms with E-state index in [1.165, 1.54) is 23.1 Å². The van der Waals surface area contributed by atoms with E-state index in [1.54, 1.807) is 16.8 Å². The van der Waals surface area contributed by atoms with Crippen molar-refractivity contribution in [3.63, 3.8) is 0 Å². The van der Waals surface area contributed by atoms with E-state index < -0.39 is 24.9 Å². The number of aryl methyl sites for hydroxylation is 1. The van der Waals surface area contributed by atoms with Crippen molar-refractivity contribution in [3.8, 4) is 12.1 Å². The number of likely N-dealkylation sites (N-methyl/N-ethyl adjacent to an activating group) is 1. The summed E-state index contributed by atoms with van der Waals surface area (Å²) in [5.74, 6) is -2.06. The van der Waals surface area contributed by atoms with Gasteiger partial charge in [0.25, 0.3) is 5.92 Å². The fourth-order valence-corrected chi connectivity index (χ4v) is 7.09. The smallest absolute Gasteiger partial charge is 0.318 e. The van der Waals surface area contributed by atoms with Gasteiger partial charge in [-0.25, -0.2) is 13.2 Å². The number of piperazine rings is 1. The van der Waals surface area contributed by atoms with Gasteiger partial charge in [0.1, 0.15) is 25.3 Å². The second-order valence-corrected chi connectivity index (χ2v) is 12.5. The molecule has 1 N–H and O–H groups in total. The number of fused-ring (bicyclic) bond motifs is 2. The van der Waals surface area contributed by atoms with Crippen molar-refractivity contribution in [2.24, 2.45) is 0 Å². The van der Waals surface area contributed by atoms with Crippen LogP contribution in [0.5, 0.6) is 6.01 Å². The van der Waals surface area contributed by atoms with E-state index in [0.29, 0.717) is 38.4 Å². The van der Waals surface area contributed by atoms with Crippen LogP contribution in [0, 0.1) is 18.3 Å². The molecule has 2 aromatic carbocycles. The van der Waals surface area contributed by atoms with Crippen LogP contribution in [0.15, 0.2) is 48.6 Å². The number of likely N-dealkylation sites (tertiary alicyclic amines) is 1. The molecule has 0 saturated carbocycles. The highest BCUT2D eigenvalue weighted by atomic mass is 19.3. The molecule has 2 fully saturated rings. The number of nitrogens with zero attached hydrogens (tertiary/aromatic N) is 7. The lowest BCUT2D eigenvalue weighted by Gasteiger charge is -2.43. The Morgan fingerprint density at radius 1 is 1.13 bits per heavy atom. The average Bonchev–Trinajstić information content (AvgIpc) is 3.32. The molecule has 9 nitrogen and oxygen atoms in total. The maximum atomic E-state index is 14.1. The third kappa shape index (κ3) is 6.63. The van der Waals surface area contributed by atoms with Gasteiger partial charge in [-0.05, 0) is 43.5 Å². The van der Waals surface area contributed by atoms with Crippen LogP contribution in [0.25, 0.3) is 10.8 Å². The first-order valence-electron chi connectivity index (χ1n) is 15.8. The lowest BCUT2D eigenvalue weighted by atomic mass is 9.99. The van der Waals surface area contributed by atoms with E-state index in [4.69, 9.17) is 14.7 Å². The fourth-order valence-electron chi connectivity index (χ4n) is 7.09. The monoisotopic (exact) mass is 635 g/mol. The van der Waals surface area contributed by atoms with Crippen LogP contribution in [0.1, 0.15) is 29.7 Å². The van der Waals surface area contributed by atoms with Crippen LogP contribution < -0.4 is 14.5 Å². The molecule has 1 aromatic heterocycles. The normalized spacial score (nSPS) is 22.7. The Balaban J connectivity index is 1.32. The number of anilines is 2. The van der Waals surface area contributed by atoms with Gasteiger partial charge in [0.05, 0.1) is 31.3 Å². The number of aromatic nitrogens is 2. The van der Waals surface area contributed by atoms with Gasteiger partial charge in [0.15, 0.2) is 0 Å². The molecule has 244 valence electrons. The maximum absolute atomic E-state index is 14.1. The lowest BCUT2D eigenvalue weighted by molar-refractivity contribution is 0.00385. The quantitative estimate of drug-likeness (QED) is 0.342. The number of rotatable bonds is 9. The minimum Gasteiger partial charge on any atom is -0.462 e. The number of alkyl halides is 3. The predicted molar refractivity (Wildman–Crippen MR) is 171 cm³/mol. The number of hydrogen-bond donors (Lipinski definition) is 1. The number of halogens is 3. The second-order valence-electron chi connectivity index (χ2n) is 12.5.